The highest BCUT2D eigenvalue weighted by Gasteiger charge is 2.38. The van der Waals surface area contributed by atoms with Gasteiger partial charge in [-0.15, -0.1) is 0 Å². The van der Waals surface area contributed by atoms with Crippen molar-refractivity contribution < 1.29 is 5.11 Å². The maximum absolute atomic E-state index is 10.3. The Balaban J connectivity index is 1.74. The quantitative estimate of drug-likeness (QED) is 0.866. The van der Waals surface area contributed by atoms with E-state index in [0.29, 0.717) is 6.04 Å². The van der Waals surface area contributed by atoms with E-state index in [0.717, 1.165) is 25.4 Å². The molecule has 1 saturated carbocycles. The second kappa shape index (κ2) is 5.41. The van der Waals surface area contributed by atoms with Gasteiger partial charge in [0.25, 0.3) is 0 Å². The average Bonchev–Trinajstić information content (AvgIpc) is 2.40. The van der Waals surface area contributed by atoms with Gasteiger partial charge in [-0.05, 0) is 43.7 Å². The zero-order valence-electron chi connectivity index (χ0n) is 11.0. The Hall–Kier alpha value is -0.860. The highest BCUT2D eigenvalue weighted by Crippen LogP contribution is 2.36. The van der Waals surface area contributed by atoms with Gasteiger partial charge in [0.2, 0.25) is 0 Å². The standard InChI is InChI=1S/C16H23NO/c18-15-10-4-8-14-9-5-11-17(16(14)15)12-13-6-2-1-3-7-13/h1-3,6-7,14-16,18H,4-5,8-12H2. The second-order valence-corrected chi connectivity index (χ2v) is 5.85. The van der Waals surface area contributed by atoms with Gasteiger partial charge in [-0.1, -0.05) is 36.8 Å². The summed E-state index contributed by atoms with van der Waals surface area (Å²) in [6.07, 6.45) is 6.02. The molecule has 1 aliphatic carbocycles. The molecule has 2 aliphatic rings. The van der Waals surface area contributed by atoms with Gasteiger partial charge in [0.05, 0.1) is 6.10 Å². The molecule has 3 atom stereocenters. The van der Waals surface area contributed by atoms with Crippen LogP contribution in [0, 0.1) is 5.92 Å². The molecule has 18 heavy (non-hydrogen) atoms. The number of hydrogen-bond donors (Lipinski definition) is 1. The molecule has 98 valence electrons. The molecular formula is C16H23NO. The van der Waals surface area contributed by atoms with Crippen LogP contribution in [0.3, 0.4) is 0 Å². The third-order valence-corrected chi connectivity index (χ3v) is 4.62. The van der Waals surface area contributed by atoms with Gasteiger partial charge in [0.15, 0.2) is 0 Å². The molecule has 3 rings (SSSR count). The summed E-state index contributed by atoms with van der Waals surface area (Å²) in [4.78, 5) is 2.52. The van der Waals surface area contributed by atoms with Crippen molar-refractivity contribution >= 4 is 0 Å². The normalized spacial score (nSPS) is 33.1. The lowest BCUT2D eigenvalue weighted by Crippen LogP contribution is -2.53. The number of hydrogen-bond acceptors (Lipinski definition) is 2. The van der Waals surface area contributed by atoms with Crippen molar-refractivity contribution in [3.63, 3.8) is 0 Å². The van der Waals surface area contributed by atoms with Crippen LogP contribution in [0.2, 0.25) is 0 Å². The number of rotatable bonds is 2. The fraction of sp³-hybridized carbons (Fsp3) is 0.625. The Morgan fingerprint density at radius 3 is 2.67 bits per heavy atom. The van der Waals surface area contributed by atoms with Crippen LogP contribution in [-0.4, -0.2) is 28.7 Å². The third-order valence-electron chi connectivity index (χ3n) is 4.62. The predicted molar refractivity (Wildman–Crippen MR) is 73.2 cm³/mol. The minimum Gasteiger partial charge on any atom is -0.391 e. The summed E-state index contributed by atoms with van der Waals surface area (Å²) in [5, 5.41) is 10.3. The molecule has 0 aromatic heterocycles. The number of fused-ring (bicyclic) bond motifs is 1. The van der Waals surface area contributed by atoms with Crippen molar-refractivity contribution in [1.29, 1.82) is 0 Å². The van der Waals surface area contributed by atoms with E-state index in [1.807, 2.05) is 0 Å². The molecule has 1 N–H and O–H groups in total. The van der Waals surface area contributed by atoms with E-state index >= 15 is 0 Å². The van der Waals surface area contributed by atoms with Gasteiger partial charge >= 0.3 is 0 Å². The number of likely N-dealkylation sites (tertiary alicyclic amines) is 1. The summed E-state index contributed by atoms with van der Waals surface area (Å²) in [7, 11) is 0. The summed E-state index contributed by atoms with van der Waals surface area (Å²) < 4.78 is 0. The van der Waals surface area contributed by atoms with E-state index in [2.05, 4.69) is 35.2 Å². The van der Waals surface area contributed by atoms with Crippen molar-refractivity contribution in [3.05, 3.63) is 35.9 Å². The SMILES string of the molecule is OC1CCCC2CCCN(Cc3ccccc3)C12. The van der Waals surface area contributed by atoms with E-state index in [1.54, 1.807) is 0 Å². The molecule has 1 aromatic rings. The fourth-order valence-electron chi connectivity index (χ4n) is 3.81. The van der Waals surface area contributed by atoms with Crippen molar-refractivity contribution in [2.75, 3.05) is 6.54 Å². The number of nitrogens with zero attached hydrogens (tertiary/aromatic N) is 1. The lowest BCUT2D eigenvalue weighted by Gasteiger charge is -2.46. The molecule has 0 amide bonds. The molecule has 2 fully saturated rings. The molecular weight excluding hydrogens is 222 g/mol. The number of aliphatic hydroxyl groups is 1. The summed E-state index contributed by atoms with van der Waals surface area (Å²) in [6.45, 7) is 2.15. The Morgan fingerprint density at radius 2 is 1.83 bits per heavy atom. The molecule has 1 saturated heterocycles. The summed E-state index contributed by atoms with van der Waals surface area (Å²) in [6, 6.07) is 11.1. The van der Waals surface area contributed by atoms with Crippen LogP contribution in [0.4, 0.5) is 0 Å². The first-order valence-corrected chi connectivity index (χ1v) is 7.30. The molecule has 1 aromatic carbocycles. The second-order valence-electron chi connectivity index (χ2n) is 5.85. The monoisotopic (exact) mass is 245 g/mol. The van der Waals surface area contributed by atoms with Crippen molar-refractivity contribution in [2.24, 2.45) is 5.92 Å². The molecule has 0 spiro atoms. The van der Waals surface area contributed by atoms with Crippen LogP contribution in [0.5, 0.6) is 0 Å². The lowest BCUT2D eigenvalue weighted by atomic mass is 9.76. The molecule has 3 unspecified atom stereocenters. The van der Waals surface area contributed by atoms with E-state index in [4.69, 9.17) is 0 Å². The minimum atomic E-state index is -0.104. The van der Waals surface area contributed by atoms with Crippen molar-refractivity contribution in [3.8, 4) is 0 Å². The van der Waals surface area contributed by atoms with Crippen molar-refractivity contribution in [2.45, 2.75) is 50.8 Å². The highest BCUT2D eigenvalue weighted by atomic mass is 16.3. The topological polar surface area (TPSA) is 23.5 Å². The Morgan fingerprint density at radius 1 is 1.06 bits per heavy atom. The Bertz CT molecular complexity index is 376. The first-order valence-electron chi connectivity index (χ1n) is 7.30. The van der Waals surface area contributed by atoms with Crippen LogP contribution in [0.1, 0.15) is 37.7 Å². The molecule has 2 heteroatoms. The van der Waals surface area contributed by atoms with Gasteiger partial charge in [-0.3, -0.25) is 4.90 Å². The molecule has 1 aliphatic heterocycles. The van der Waals surface area contributed by atoms with Crippen LogP contribution < -0.4 is 0 Å². The maximum atomic E-state index is 10.3. The summed E-state index contributed by atoms with van der Waals surface area (Å²) >= 11 is 0. The predicted octanol–water partition coefficient (Wildman–Crippen LogP) is 2.81. The van der Waals surface area contributed by atoms with E-state index in [9.17, 15) is 5.11 Å². The summed E-state index contributed by atoms with van der Waals surface area (Å²) in [5.41, 5.74) is 1.37. The molecule has 0 radical (unpaired) electrons. The van der Waals surface area contributed by atoms with Crippen molar-refractivity contribution in [1.82, 2.24) is 4.90 Å². The molecule has 0 bridgehead atoms. The number of aliphatic hydroxyl groups excluding tert-OH is 1. The lowest BCUT2D eigenvalue weighted by molar-refractivity contribution is -0.0400. The third kappa shape index (κ3) is 2.45. The Kier molecular flexibility index (Phi) is 3.67. The van der Waals surface area contributed by atoms with Crippen LogP contribution in [-0.2, 0) is 6.54 Å². The fourth-order valence-corrected chi connectivity index (χ4v) is 3.81. The van der Waals surface area contributed by atoms with E-state index < -0.39 is 0 Å². The largest absolute Gasteiger partial charge is 0.391 e. The van der Waals surface area contributed by atoms with Crippen LogP contribution in [0.15, 0.2) is 30.3 Å². The maximum Gasteiger partial charge on any atom is 0.0698 e. The van der Waals surface area contributed by atoms with E-state index in [1.165, 1.54) is 31.2 Å². The average molecular weight is 245 g/mol. The van der Waals surface area contributed by atoms with Gasteiger partial charge in [0, 0.05) is 12.6 Å². The molecule has 1 heterocycles. The van der Waals surface area contributed by atoms with Crippen LogP contribution >= 0.6 is 0 Å². The van der Waals surface area contributed by atoms with Gasteiger partial charge in [0.1, 0.15) is 0 Å². The van der Waals surface area contributed by atoms with E-state index in [-0.39, 0.29) is 6.10 Å². The Labute approximate surface area is 110 Å². The molecule has 2 nitrogen and oxygen atoms in total. The number of benzene rings is 1. The smallest absolute Gasteiger partial charge is 0.0698 e. The highest BCUT2D eigenvalue weighted by molar-refractivity contribution is 5.15. The van der Waals surface area contributed by atoms with Gasteiger partial charge in [-0.25, -0.2) is 0 Å². The zero-order chi connectivity index (χ0) is 12.4. The summed E-state index contributed by atoms with van der Waals surface area (Å²) in [5.74, 6) is 0.728. The first-order chi connectivity index (χ1) is 8.84. The minimum absolute atomic E-state index is 0.104. The first kappa shape index (κ1) is 12.2. The number of piperidine rings is 1. The van der Waals surface area contributed by atoms with Gasteiger partial charge < -0.3 is 5.11 Å². The van der Waals surface area contributed by atoms with Gasteiger partial charge in [-0.2, -0.15) is 0 Å². The zero-order valence-corrected chi connectivity index (χ0v) is 11.0. The van der Waals surface area contributed by atoms with Crippen LogP contribution in [0.25, 0.3) is 0 Å².